The van der Waals surface area contributed by atoms with Crippen molar-refractivity contribution in [2.45, 2.75) is 12.8 Å². The molecule has 1 aliphatic heterocycles. The molecule has 3 aromatic rings. The lowest BCUT2D eigenvalue weighted by Gasteiger charge is -2.32. The first kappa shape index (κ1) is 17.7. The van der Waals surface area contributed by atoms with Crippen molar-refractivity contribution in [2.75, 3.05) is 19.7 Å². The molecule has 1 atom stereocenters. The normalized spacial score (nSPS) is 17.5. The molecule has 27 heavy (non-hydrogen) atoms. The summed E-state index contributed by atoms with van der Waals surface area (Å²) in [7, 11) is 0. The van der Waals surface area contributed by atoms with Crippen LogP contribution in [0, 0.1) is 5.92 Å². The summed E-state index contributed by atoms with van der Waals surface area (Å²) in [6.07, 6.45) is 5.59. The van der Waals surface area contributed by atoms with E-state index in [2.05, 4.69) is 4.98 Å². The highest BCUT2D eigenvalue weighted by Gasteiger charge is 2.23. The zero-order valence-electron chi connectivity index (χ0n) is 15.1. The van der Waals surface area contributed by atoms with Gasteiger partial charge in [-0.2, -0.15) is 0 Å². The van der Waals surface area contributed by atoms with Crippen LogP contribution in [-0.4, -0.2) is 35.5 Å². The van der Waals surface area contributed by atoms with E-state index < -0.39 is 0 Å². The van der Waals surface area contributed by atoms with E-state index in [0.29, 0.717) is 12.5 Å². The zero-order chi connectivity index (χ0) is 18.5. The summed E-state index contributed by atoms with van der Waals surface area (Å²) >= 11 is 1.60. The first-order valence-corrected chi connectivity index (χ1v) is 10.1. The van der Waals surface area contributed by atoms with Gasteiger partial charge in [0.15, 0.2) is 0 Å². The summed E-state index contributed by atoms with van der Waals surface area (Å²) in [6, 6.07) is 17.9. The number of aromatic nitrogens is 1. The molecule has 1 aliphatic rings. The van der Waals surface area contributed by atoms with Gasteiger partial charge >= 0.3 is 0 Å². The molecule has 2 aromatic carbocycles. The van der Waals surface area contributed by atoms with Crippen molar-refractivity contribution in [3.05, 3.63) is 65.7 Å². The Morgan fingerprint density at radius 1 is 1.19 bits per heavy atom. The second-order valence-electron chi connectivity index (χ2n) is 6.77. The van der Waals surface area contributed by atoms with Crippen LogP contribution >= 0.6 is 11.3 Å². The predicted octanol–water partition coefficient (Wildman–Crippen LogP) is 4.63. The highest BCUT2D eigenvalue weighted by atomic mass is 32.1. The first-order chi connectivity index (χ1) is 13.3. The molecule has 0 radical (unpaired) electrons. The Morgan fingerprint density at radius 3 is 2.85 bits per heavy atom. The summed E-state index contributed by atoms with van der Waals surface area (Å²) < 4.78 is 7.01. The van der Waals surface area contributed by atoms with Crippen LogP contribution in [0.15, 0.2) is 60.7 Å². The molecule has 138 valence electrons. The Kier molecular flexibility index (Phi) is 5.49. The van der Waals surface area contributed by atoms with E-state index in [0.717, 1.165) is 46.9 Å². The van der Waals surface area contributed by atoms with E-state index in [9.17, 15) is 4.79 Å². The molecule has 1 amide bonds. The van der Waals surface area contributed by atoms with Gasteiger partial charge in [0.2, 0.25) is 5.91 Å². The number of carbonyl (C=O) groups excluding carboxylic acids is 1. The van der Waals surface area contributed by atoms with Gasteiger partial charge in [-0.3, -0.25) is 4.79 Å². The number of piperidine rings is 1. The molecule has 5 heteroatoms. The van der Waals surface area contributed by atoms with Crippen LogP contribution in [-0.2, 0) is 4.79 Å². The Balaban J connectivity index is 1.33. The number of amides is 1. The number of nitrogens with zero attached hydrogens (tertiary/aromatic N) is 2. The molecule has 1 saturated heterocycles. The average Bonchev–Trinajstić information content (AvgIpc) is 3.14. The quantitative estimate of drug-likeness (QED) is 0.608. The predicted molar refractivity (Wildman–Crippen MR) is 110 cm³/mol. The van der Waals surface area contributed by atoms with Crippen LogP contribution in [0.25, 0.3) is 16.3 Å². The van der Waals surface area contributed by atoms with Crippen molar-refractivity contribution in [3.8, 4) is 5.75 Å². The first-order valence-electron chi connectivity index (χ1n) is 9.28. The van der Waals surface area contributed by atoms with Crippen LogP contribution in [0.2, 0.25) is 0 Å². The molecule has 1 aromatic heterocycles. The number of carbonyl (C=O) groups is 1. The second-order valence-corrected chi connectivity index (χ2v) is 7.83. The van der Waals surface area contributed by atoms with E-state index >= 15 is 0 Å². The number of hydrogen-bond donors (Lipinski definition) is 0. The van der Waals surface area contributed by atoms with Crippen LogP contribution in [0.1, 0.15) is 17.8 Å². The highest BCUT2D eigenvalue weighted by molar-refractivity contribution is 7.19. The largest absolute Gasteiger partial charge is 0.493 e. The standard InChI is InChI=1S/C22H22N2O2S/c25-22(13-12-21-23-19-10-4-5-11-20(19)27-21)24-14-6-7-17(15-24)16-26-18-8-2-1-3-9-18/h1-5,8-13,17H,6-7,14-16H2/b13-12+. The van der Waals surface area contributed by atoms with Gasteiger partial charge in [-0.15, -0.1) is 11.3 Å². The Bertz CT molecular complexity index is 903. The number of para-hydroxylation sites is 2. The van der Waals surface area contributed by atoms with E-state index in [4.69, 9.17) is 4.74 Å². The van der Waals surface area contributed by atoms with Gasteiger partial charge in [-0.05, 0) is 43.2 Å². The van der Waals surface area contributed by atoms with Crippen molar-refractivity contribution in [3.63, 3.8) is 0 Å². The molecule has 1 unspecified atom stereocenters. The monoisotopic (exact) mass is 378 g/mol. The van der Waals surface area contributed by atoms with E-state index in [1.165, 1.54) is 0 Å². The molecular weight excluding hydrogens is 356 g/mol. The molecule has 4 nitrogen and oxygen atoms in total. The Morgan fingerprint density at radius 2 is 2.00 bits per heavy atom. The summed E-state index contributed by atoms with van der Waals surface area (Å²) in [6.45, 7) is 2.20. The van der Waals surface area contributed by atoms with Crippen molar-refractivity contribution in [1.29, 1.82) is 0 Å². The molecule has 0 aliphatic carbocycles. The number of fused-ring (bicyclic) bond motifs is 1. The molecule has 4 rings (SSSR count). The number of likely N-dealkylation sites (tertiary alicyclic amines) is 1. The SMILES string of the molecule is O=C(/C=C/c1nc2ccccc2s1)N1CCCC(COc2ccccc2)C1. The van der Waals surface area contributed by atoms with E-state index in [1.807, 2.05) is 65.6 Å². The van der Waals surface area contributed by atoms with Gasteiger partial charge in [-0.25, -0.2) is 4.98 Å². The lowest BCUT2D eigenvalue weighted by molar-refractivity contribution is -0.127. The van der Waals surface area contributed by atoms with E-state index in [1.54, 1.807) is 17.4 Å². The zero-order valence-corrected chi connectivity index (χ0v) is 15.9. The lowest BCUT2D eigenvalue weighted by atomic mass is 9.99. The number of ether oxygens (including phenoxy) is 1. The Labute approximate surface area is 163 Å². The third kappa shape index (κ3) is 4.55. The number of thiazole rings is 1. The summed E-state index contributed by atoms with van der Waals surface area (Å²) in [5, 5.41) is 0.866. The lowest BCUT2D eigenvalue weighted by Crippen LogP contribution is -2.40. The molecule has 0 bridgehead atoms. The topological polar surface area (TPSA) is 42.4 Å². The molecule has 1 fully saturated rings. The van der Waals surface area contributed by atoms with Crippen molar-refractivity contribution >= 4 is 33.5 Å². The third-order valence-corrected chi connectivity index (χ3v) is 5.74. The van der Waals surface area contributed by atoms with Gasteiger partial charge in [-0.1, -0.05) is 30.3 Å². The Hall–Kier alpha value is -2.66. The molecule has 2 heterocycles. The number of hydrogen-bond acceptors (Lipinski definition) is 4. The molecule has 0 N–H and O–H groups in total. The van der Waals surface area contributed by atoms with Gasteiger partial charge in [0.25, 0.3) is 0 Å². The van der Waals surface area contributed by atoms with Gasteiger partial charge < -0.3 is 9.64 Å². The molecule has 0 spiro atoms. The van der Waals surface area contributed by atoms with Gasteiger partial charge in [0, 0.05) is 25.1 Å². The highest BCUT2D eigenvalue weighted by Crippen LogP contribution is 2.23. The maximum atomic E-state index is 12.6. The fraction of sp³-hybridized carbons (Fsp3) is 0.273. The van der Waals surface area contributed by atoms with Crippen LogP contribution in [0.5, 0.6) is 5.75 Å². The summed E-state index contributed by atoms with van der Waals surface area (Å²) in [5.74, 6) is 1.31. The minimum absolute atomic E-state index is 0.0543. The fourth-order valence-corrected chi connectivity index (χ4v) is 4.21. The van der Waals surface area contributed by atoms with Crippen molar-refractivity contribution in [1.82, 2.24) is 9.88 Å². The van der Waals surface area contributed by atoms with Crippen molar-refractivity contribution < 1.29 is 9.53 Å². The maximum absolute atomic E-state index is 12.6. The van der Waals surface area contributed by atoms with Crippen LogP contribution < -0.4 is 4.74 Å². The minimum Gasteiger partial charge on any atom is -0.493 e. The molecule has 0 saturated carbocycles. The molecular formula is C22H22N2O2S. The van der Waals surface area contributed by atoms with Gasteiger partial charge in [0.05, 0.1) is 16.8 Å². The second kappa shape index (κ2) is 8.35. The summed E-state index contributed by atoms with van der Waals surface area (Å²) in [4.78, 5) is 19.1. The van der Waals surface area contributed by atoms with E-state index in [-0.39, 0.29) is 5.91 Å². The maximum Gasteiger partial charge on any atom is 0.246 e. The van der Waals surface area contributed by atoms with Gasteiger partial charge in [0.1, 0.15) is 10.8 Å². The van der Waals surface area contributed by atoms with Crippen LogP contribution in [0.3, 0.4) is 0 Å². The number of rotatable bonds is 5. The summed E-state index contributed by atoms with van der Waals surface area (Å²) in [5.41, 5.74) is 0.977. The average molecular weight is 378 g/mol. The minimum atomic E-state index is 0.0543. The fourth-order valence-electron chi connectivity index (χ4n) is 3.34. The van der Waals surface area contributed by atoms with Crippen LogP contribution in [0.4, 0.5) is 0 Å². The number of benzene rings is 2. The van der Waals surface area contributed by atoms with Crippen molar-refractivity contribution in [2.24, 2.45) is 5.92 Å². The smallest absolute Gasteiger partial charge is 0.246 e. The third-order valence-electron chi connectivity index (χ3n) is 4.74.